The topological polar surface area (TPSA) is 89.7 Å². The number of non-ortho nitro benzene ring substituents is 1. The van der Waals surface area contributed by atoms with Crippen molar-refractivity contribution in [3.8, 4) is 0 Å². The molecule has 1 aromatic rings. The average Bonchev–Trinajstić information content (AvgIpc) is 2.39. The van der Waals surface area contributed by atoms with Gasteiger partial charge in [0.25, 0.3) is 5.69 Å². The van der Waals surface area contributed by atoms with E-state index in [1.165, 1.54) is 24.3 Å². The average molecular weight is 285 g/mol. The van der Waals surface area contributed by atoms with Gasteiger partial charge in [-0.2, -0.15) is 0 Å². The second kappa shape index (κ2) is 5.82. The van der Waals surface area contributed by atoms with Gasteiger partial charge in [-0.3, -0.25) is 14.7 Å². The number of hydrogen-bond donors (Lipinski definition) is 1. The fourth-order valence-corrected chi connectivity index (χ4v) is 3.46. The monoisotopic (exact) mass is 285 g/mol. The van der Waals surface area contributed by atoms with Crippen molar-refractivity contribution < 1.29 is 18.9 Å². The first kappa shape index (κ1) is 14.2. The van der Waals surface area contributed by atoms with Gasteiger partial charge < -0.3 is 9.42 Å². The summed E-state index contributed by atoms with van der Waals surface area (Å²) in [5, 5.41) is 10.6. The van der Waals surface area contributed by atoms with Crippen molar-refractivity contribution in [2.75, 3.05) is 0 Å². The zero-order valence-electron chi connectivity index (χ0n) is 10.4. The number of nitro benzene ring substituents is 1. The maximum atomic E-state index is 12.1. The highest BCUT2D eigenvalue weighted by Gasteiger charge is 2.28. The van der Waals surface area contributed by atoms with Gasteiger partial charge in [-0.15, -0.1) is 0 Å². The van der Waals surface area contributed by atoms with E-state index in [9.17, 15) is 19.6 Å². The summed E-state index contributed by atoms with van der Waals surface area (Å²) >= 11 is 0. The van der Waals surface area contributed by atoms with Crippen LogP contribution in [0.25, 0.3) is 0 Å². The van der Waals surface area contributed by atoms with E-state index in [2.05, 4.69) is 0 Å². The molecule has 1 fully saturated rings. The predicted octanol–water partition coefficient (Wildman–Crippen LogP) is 2.75. The second-order valence-corrected chi connectivity index (χ2v) is 6.43. The van der Waals surface area contributed by atoms with E-state index in [-0.39, 0.29) is 17.1 Å². The van der Waals surface area contributed by atoms with E-state index in [1.807, 2.05) is 0 Å². The maximum absolute atomic E-state index is 12.1. The van der Waals surface area contributed by atoms with Crippen molar-refractivity contribution in [1.29, 1.82) is 0 Å². The molecule has 1 N–H and O–H groups in total. The van der Waals surface area contributed by atoms with E-state index < -0.39 is 12.5 Å². The van der Waals surface area contributed by atoms with Crippen LogP contribution < -0.4 is 5.30 Å². The first-order valence-electron chi connectivity index (χ1n) is 6.25. The van der Waals surface area contributed by atoms with Gasteiger partial charge in [-0.25, -0.2) is 0 Å². The molecule has 0 spiro atoms. The Kier molecular flexibility index (Phi) is 4.34. The number of rotatable bonds is 4. The predicted molar refractivity (Wildman–Crippen MR) is 70.5 cm³/mol. The summed E-state index contributed by atoms with van der Waals surface area (Å²) in [5.41, 5.74) is -0.110. The standard InChI is InChI=1S/C12H16NO5P/c14-13(15)10-6-8-12(9-7-10)19(16,17)18-11-4-2-1-3-5-11/h6-9,11H,1-5H2,(H,16,17). The van der Waals surface area contributed by atoms with Gasteiger partial charge in [-0.05, 0) is 25.0 Å². The molecule has 1 aliphatic carbocycles. The van der Waals surface area contributed by atoms with Crippen LogP contribution >= 0.6 is 7.60 Å². The summed E-state index contributed by atoms with van der Waals surface area (Å²) in [6, 6.07) is 4.98. The van der Waals surface area contributed by atoms with Crippen molar-refractivity contribution in [2.45, 2.75) is 38.2 Å². The minimum atomic E-state index is -3.89. The zero-order chi connectivity index (χ0) is 13.9. The molecule has 2 rings (SSSR count). The molecule has 1 unspecified atom stereocenters. The smallest absolute Gasteiger partial charge is 0.321 e. The van der Waals surface area contributed by atoms with Crippen LogP contribution in [-0.4, -0.2) is 15.9 Å². The molecule has 0 aromatic heterocycles. The largest absolute Gasteiger partial charge is 0.359 e. The Morgan fingerprint density at radius 2 is 1.79 bits per heavy atom. The highest BCUT2D eigenvalue weighted by Crippen LogP contribution is 2.44. The summed E-state index contributed by atoms with van der Waals surface area (Å²) in [7, 11) is -3.89. The Bertz CT molecular complexity index is 495. The van der Waals surface area contributed by atoms with Crippen molar-refractivity contribution in [3.05, 3.63) is 34.4 Å². The molecule has 6 nitrogen and oxygen atoms in total. The number of nitrogens with zero attached hydrogens (tertiary/aromatic N) is 1. The van der Waals surface area contributed by atoms with Crippen molar-refractivity contribution in [3.63, 3.8) is 0 Å². The number of benzene rings is 1. The van der Waals surface area contributed by atoms with Crippen LogP contribution in [0.15, 0.2) is 24.3 Å². The lowest BCUT2D eigenvalue weighted by atomic mass is 9.98. The summed E-state index contributed by atoms with van der Waals surface area (Å²) in [6.45, 7) is 0. The van der Waals surface area contributed by atoms with E-state index >= 15 is 0 Å². The molecule has 0 heterocycles. The Morgan fingerprint density at radius 3 is 2.32 bits per heavy atom. The maximum Gasteiger partial charge on any atom is 0.359 e. The summed E-state index contributed by atoms with van der Waals surface area (Å²) in [4.78, 5) is 19.9. The fourth-order valence-electron chi connectivity index (χ4n) is 2.20. The van der Waals surface area contributed by atoms with Crippen molar-refractivity contribution in [1.82, 2.24) is 0 Å². The van der Waals surface area contributed by atoms with Gasteiger partial charge >= 0.3 is 7.60 Å². The van der Waals surface area contributed by atoms with Gasteiger partial charge in [0.15, 0.2) is 0 Å². The summed E-state index contributed by atoms with van der Waals surface area (Å²) in [6.07, 6.45) is 4.53. The molecule has 0 aliphatic heterocycles. The minimum absolute atomic E-state index is 0.101. The first-order valence-corrected chi connectivity index (χ1v) is 7.83. The molecule has 19 heavy (non-hydrogen) atoms. The van der Waals surface area contributed by atoms with Crippen LogP contribution in [0.3, 0.4) is 0 Å². The third-order valence-corrected chi connectivity index (χ3v) is 4.77. The number of nitro groups is 1. The lowest BCUT2D eigenvalue weighted by Crippen LogP contribution is -2.18. The molecule has 0 radical (unpaired) electrons. The second-order valence-electron chi connectivity index (χ2n) is 4.66. The van der Waals surface area contributed by atoms with Crippen molar-refractivity contribution >= 4 is 18.6 Å². The molecule has 104 valence electrons. The quantitative estimate of drug-likeness (QED) is 0.522. The Hall–Kier alpha value is -1.23. The van der Waals surface area contributed by atoms with Crippen LogP contribution in [0.4, 0.5) is 5.69 Å². The fraction of sp³-hybridized carbons (Fsp3) is 0.500. The Balaban J connectivity index is 2.09. The van der Waals surface area contributed by atoms with E-state index in [0.29, 0.717) is 0 Å². The van der Waals surface area contributed by atoms with Crippen molar-refractivity contribution in [2.24, 2.45) is 0 Å². The SMILES string of the molecule is O=[N+]([O-])c1ccc(P(=O)(O)OC2CCCCC2)cc1. The third kappa shape index (κ3) is 3.62. The Morgan fingerprint density at radius 1 is 1.21 bits per heavy atom. The third-order valence-electron chi connectivity index (χ3n) is 3.23. The molecular formula is C12H16NO5P. The minimum Gasteiger partial charge on any atom is -0.321 e. The molecule has 1 atom stereocenters. The Labute approximate surface area is 111 Å². The van der Waals surface area contributed by atoms with E-state index in [4.69, 9.17) is 4.52 Å². The molecule has 0 bridgehead atoms. The van der Waals surface area contributed by atoms with Crippen LogP contribution in [0.5, 0.6) is 0 Å². The molecular weight excluding hydrogens is 269 g/mol. The lowest BCUT2D eigenvalue weighted by Gasteiger charge is -2.24. The van der Waals surface area contributed by atoms with Crippen LogP contribution in [-0.2, 0) is 9.09 Å². The summed E-state index contributed by atoms with van der Waals surface area (Å²) in [5.74, 6) is 0. The van der Waals surface area contributed by atoms with Crippen LogP contribution in [0.2, 0.25) is 0 Å². The molecule has 0 amide bonds. The molecule has 7 heteroatoms. The van der Waals surface area contributed by atoms with Gasteiger partial charge in [-0.1, -0.05) is 19.3 Å². The van der Waals surface area contributed by atoms with E-state index in [0.717, 1.165) is 32.1 Å². The van der Waals surface area contributed by atoms with Crippen LogP contribution in [0, 0.1) is 10.1 Å². The highest BCUT2D eigenvalue weighted by molar-refractivity contribution is 7.61. The normalized spacial score (nSPS) is 19.8. The molecule has 1 aromatic carbocycles. The van der Waals surface area contributed by atoms with Crippen LogP contribution in [0.1, 0.15) is 32.1 Å². The molecule has 1 saturated carbocycles. The van der Waals surface area contributed by atoms with Gasteiger partial charge in [0.2, 0.25) is 0 Å². The van der Waals surface area contributed by atoms with Gasteiger partial charge in [0.1, 0.15) is 0 Å². The summed E-state index contributed by atoms with van der Waals surface area (Å²) < 4.78 is 17.4. The van der Waals surface area contributed by atoms with Gasteiger partial charge in [0.05, 0.1) is 16.3 Å². The number of hydrogen-bond acceptors (Lipinski definition) is 4. The van der Waals surface area contributed by atoms with E-state index in [1.54, 1.807) is 0 Å². The first-order chi connectivity index (χ1) is 8.99. The van der Waals surface area contributed by atoms with Gasteiger partial charge in [0, 0.05) is 12.1 Å². The lowest BCUT2D eigenvalue weighted by molar-refractivity contribution is -0.384. The highest BCUT2D eigenvalue weighted by atomic mass is 31.2. The molecule has 0 saturated heterocycles. The molecule has 1 aliphatic rings. The zero-order valence-corrected chi connectivity index (χ0v) is 11.3.